The molecule has 0 bridgehead atoms. The molecule has 0 radical (unpaired) electrons. The predicted octanol–water partition coefficient (Wildman–Crippen LogP) is 6.25. The van der Waals surface area contributed by atoms with E-state index >= 15 is 0 Å². The molecule has 0 atom stereocenters. The molecule has 3 aromatic rings. The Bertz CT molecular complexity index is 1230. The summed E-state index contributed by atoms with van der Waals surface area (Å²) in [5.41, 5.74) is 1.05. The monoisotopic (exact) mass is 519 g/mol. The Morgan fingerprint density at radius 3 is 2.59 bits per heavy atom. The molecule has 1 aromatic heterocycles. The highest BCUT2D eigenvalue weighted by Gasteiger charge is 2.17. The van der Waals surface area contributed by atoms with Gasteiger partial charge < -0.3 is 9.47 Å². The number of halogens is 2. The fourth-order valence-corrected chi connectivity index (χ4v) is 3.65. The van der Waals surface area contributed by atoms with E-state index in [4.69, 9.17) is 21.1 Å². The maximum absolute atomic E-state index is 13.2. The van der Waals surface area contributed by atoms with Crippen LogP contribution in [0.5, 0.6) is 11.5 Å². The second-order valence-corrected chi connectivity index (χ2v) is 10.4. The van der Waals surface area contributed by atoms with Gasteiger partial charge >= 0.3 is 0 Å². The van der Waals surface area contributed by atoms with Crippen molar-refractivity contribution in [2.45, 2.75) is 40.5 Å². The van der Waals surface area contributed by atoms with Crippen molar-refractivity contribution < 1.29 is 9.47 Å². The average Bonchev–Trinajstić information content (AvgIpc) is 2.71. The van der Waals surface area contributed by atoms with E-state index in [-0.39, 0.29) is 16.9 Å². The quantitative estimate of drug-likeness (QED) is 0.360. The van der Waals surface area contributed by atoms with Crippen LogP contribution in [0.3, 0.4) is 0 Å². The number of fused-ring (bicyclic) bond motifs is 1. The van der Waals surface area contributed by atoms with Crippen molar-refractivity contribution in [1.29, 1.82) is 0 Å². The molecule has 1 heterocycles. The van der Waals surface area contributed by atoms with Gasteiger partial charge in [0.25, 0.3) is 5.56 Å². The van der Waals surface area contributed by atoms with Crippen LogP contribution in [0.15, 0.2) is 44.7 Å². The van der Waals surface area contributed by atoms with Crippen LogP contribution in [0.25, 0.3) is 10.9 Å². The Kier molecular flexibility index (Phi) is 7.30. The van der Waals surface area contributed by atoms with Gasteiger partial charge in [0.05, 0.1) is 35.9 Å². The Morgan fingerprint density at radius 1 is 1.25 bits per heavy atom. The van der Waals surface area contributed by atoms with E-state index in [2.05, 4.69) is 46.8 Å². The number of methoxy groups -OCH3 is 1. The second-order valence-electron chi connectivity index (χ2n) is 9.03. The van der Waals surface area contributed by atoms with Gasteiger partial charge in [0.2, 0.25) is 0 Å². The molecule has 2 aromatic carbocycles. The molecule has 0 N–H and O–H groups in total. The van der Waals surface area contributed by atoms with Crippen LogP contribution in [-0.2, 0) is 0 Å². The van der Waals surface area contributed by atoms with Crippen LogP contribution in [0.4, 0.5) is 0 Å². The van der Waals surface area contributed by atoms with Crippen molar-refractivity contribution in [2.75, 3.05) is 13.7 Å². The summed E-state index contributed by atoms with van der Waals surface area (Å²) in [6, 6.07) is 8.95. The van der Waals surface area contributed by atoms with Crippen LogP contribution in [0, 0.1) is 5.41 Å². The van der Waals surface area contributed by atoms with E-state index in [1.54, 1.807) is 31.5 Å². The summed E-state index contributed by atoms with van der Waals surface area (Å²) < 4.78 is 13.5. The van der Waals surface area contributed by atoms with Gasteiger partial charge in [-0.15, -0.1) is 0 Å². The summed E-state index contributed by atoms with van der Waals surface area (Å²) >= 11 is 9.89. The first kappa shape index (κ1) is 24.3. The number of nitrogens with zero attached hydrogens (tertiary/aromatic N) is 3. The topological polar surface area (TPSA) is 65.7 Å². The fourth-order valence-electron chi connectivity index (χ4n) is 3.02. The van der Waals surface area contributed by atoms with Crippen molar-refractivity contribution in [2.24, 2.45) is 10.5 Å². The smallest absolute Gasteiger partial charge is 0.282 e. The highest BCUT2D eigenvalue weighted by atomic mass is 79.9. The Balaban J connectivity index is 2.05. The van der Waals surface area contributed by atoms with E-state index in [9.17, 15) is 4.79 Å². The zero-order valence-electron chi connectivity index (χ0n) is 19.1. The molecule has 0 amide bonds. The molecule has 0 aliphatic carbocycles. The van der Waals surface area contributed by atoms with E-state index in [1.165, 1.54) is 4.68 Å². The van der Waals surface area contributed by atoms with E-state index in [1.807, 2.05) is 26.0 Å². The molecule has 0 fully saturated rings. The molecule has 170 valence electrons. The molecule has 6 nitrogen and oxygen atoms in total. The minimum absolute atomic E-state index is 0.000745. The third-order valence-electron chi connectivity index (χ3n) is 4.57. The third kappa shape index (κ3) is 5.51. The minimum Gasteiger partial charge on any atom is -0.493 e. The Labute approximate surface area is 201 Å². The van der Waals surface area contributed by atoms with E-state index < -0.39 is 0 Å². The van der Waals surface area contributed by atoms with Gasteiger partial charge in [-0.05, 0) is 41.3 Å². The molecule has 3 rings (SSSR count). The maximum Gasteiger partial charge on any atom is 0.282 e. The molecule has 0 spiro atoms. The lowest BCUT2D eigenvalue weighted by molar-refractivity contribution is 0.191. The van der Waals surface area contributed by atoms with Crippen LogP contribution in [-0.4, -0.2) is 29.6 Å². The Hall–Kier alpha value is -2.38. The van der Waals surface area contributed by atoms with Gasteiger partial charge in [-0.2, -0.15) is 9.78 Å². The summed E-state index contributed by atoms with van der Waals surface area (Å²) in [6.07, 6.45) is 1.57. The normalized spacial score (nSPS) is 12.2. The number of hydrogen-bond donors (Lipinski definition) is 0. The summed E-state index contributed by atoms with van der Waals surface area (Å²) in [5, 5.41) is 5.35. The van der Waals surface area contributed by atoms with E-state index in [0.717, 1.165) is 4.47 Å². The molecule has 32 heavy (non-hydrogen) atoms. The van der Waals surface area contributed by atoms with Crippen molar-refractivity contribution in [1.82, 2.24) is 9.66 Å². The van der Waals surface area contributed by atoms with Gasteiger partial charge in [0.1, 0.15) is 5.82 Å². The van der Waals surface area contributed by atoms with Gasteiger partial charge in [-0.25, -0.2) is 4.98 Å². The first-order chi connectivity index (χ1) is 15.0. The number of hydrogen-bond acceptors (Lipinski definition) is 5. The lowest BCUT2D eigenvalue weighted by Crippen LogP contribution is -2.23. The van der Waals surface area contributed by atoms with Crippen molar-refractivity contribution in [3.8, 4) is 11.5 Å². The molecule has 0 saturated carbocycles. The zero-order chi connectivity index (χ0) is 23.6. The SMILES string of the molecule is COc1cc(C=Nn2c(C(C)C)nc3ccc(Br)cc3c2=O)cc(Cl)c1OCC(C)(C)C. The number of ether oxygens (including phenoxy) is 2. The molecular formula is C24H27BrClN3O3. The number of aromatic nitrogens is 2. The lowest BCUT2D eigenvalue weighted by atomic mass is 9.99. The first-order valence-electron chi connectivity index (χ1n) is 10.3. The third-order valence-corrected chi connectivity index (χ3v) is 5.35. The van der Waals surface area contributed by atoms with Crippen LogP contribution in [0.2, 0.25) is 5.02 Å². The van der Waals surface area contributed by atoms with Crippen LogP contribution in [0.1, 0.15) is 51.9 Å². The zero-order valence-corrected chi connectivity index (χ0v) is 21.4. The minimum atomic E-state index is -0.237. The van der Waals surface area contributed by atoms with Crippen LogP contribution < -0.4 is 15.0 Å². The average molecular weight is 521 g/mol. The summed E-state index contributed by atoms with van der Waals surface area (Å²) in [6.45, 7) is 10.7. The van der Waals surface area contributed by atoms with Crippen molar-refractivity contribution in [3.05, 3.63) is 61.6 Å². The van der Waals surface area contributed by atoms with E-state index in [0.29, 0.717) is 45.4 Å². The lowest BCUT2D eigenvalue weighted by Gasteiger charge is -2.21. The summed E-state index contributed by atoms with van der Waals surface area (Å²) in [4.78, 5) is 17.8. The molecular weight excluding hydrogens is 494 g/mol. The van der Waals surface area contributed by atoms with Gasteiger partial charge in [-0.3, -0.25) is 4.79 Å². The number of rotatable bonds is 6. The van der Waals surface area contributed by atoms with Crippen molar-refractivity contribution >= 4 is 44.6 Å². The highest BCUT2D eigenvalue weighted by molar-refractivity contribution is 9.10. The van der Waals surface area contributed by atoms with Gasteiger partial charge in [-0.1, -0.05) is 62.1 Å². The summed E-state index contributed by atoms with van der Waals surface area (Å²) in [7, 11) is 1.56. The summed E-state index contributed by atoms with van der Waals surface area (Å²) in [5.74, 6) is 1.56. The van der Waals surface area contributed by atoms with Crippen molar-refractivity contribution in [3.63, 3.8) is 0 Å². The first-order valence-corrected chi connectivity index (χ1v) is 11.4. The Morgan fingerprint density at radius 2 is 1.97 bits per heavy atom. The van der Waals surface area contributed by atoms with Gasteiger partial charge in [0, 0.05) is 10.4 Å². The second kappa shape index (κ2) is 9.63. The fraction of sp³-hybridized carbons (Fsp3) is 0.375. The molecule has 8 heteroatoms. The molecule has 0 aliphatic heterocycles. The molecule has 0 saturated heterocycles. The maximum atomic E-state index is 13.2. The number of benzene rings is 2. The largest absolute Gasteiger partial charge is 0.493 e. The molecule has 0 aliphatic rings. The molecule has 0 unspecified atom stereocenters. The highest BCUT2D eigenvalue weighted by Crippen LogP contribution is 2.37. The predicted molar refractivity (Wildman–Crippen MR) is 134 cm³/mol. The van der Waals surface area contributed by atoms with Crippen LogP contribution >= 0.6 is 27.5 Å². The standard InChI is InChI=1S/C24H27BrClN3O3/c1-14(2)22-28-19-8-7-16(25)11-17(19)23(30)29(22)27-12-15-9-18(26)21(20(10-15)31-6)32-13-24(3,4)5/h7-12,14H,13H2,1-6H3. The van der Waals surface area contributed by atoms with Gasteiger partial charge in [0.15, 0.2) is 11.5 Å².